The lowest BCUT2D eigenvalue weighted by molar-refractivity contribution is -0.0107. The van der Waals surface area contributed by atoms with Crippen molar-refractivity contribution in [1.29, 1.82) is 0 Å². The van der Waals surface area contributed by atoms with Crippen LogP contribution in [0.15, 0.2) is 0 Å². The van der Waals surface area contributed by atoms with E-state index >= 15 is 0 Å². The molecule has 0 aromatic rings. The van der Waals surface area contributed by atoms with Crippen molar-refractivity contribution >= 4 is 0 Å². The zero-order valence-electron chi connectivity index (χ0n) is 12.3. The van der Waals surface area contributed by atoms with E-state index in [0.29, 0.717) is 0 Å². The van der Waals surface area contributed by atoms with E-state index < -0.39 is 0 Å². The van der Waals surface area contributed by atoms with Gasteiger partial charge in [-0.15, -0.1) is 0 Å². The molecule has 4 aliphatic carbocycles. The van der Waals surface area contributed by atoms with Crippen LogP contribution >= 0.6 is 0 Å². The van der Waals surface area contributed by atoms with Crippen molar-refractivity contribution in [2.24, 2.45) is 35.5 Å². The summed E-state index contributed by atoms with van der Waals surface area (Å²) in [5.74, 6) is 6.19. The van der Waals surface area contributed by atoms with Crippen LogP contribution in [-0.4, -0.2) is 11.2 Å². The zero-order valence-corrected chi connectivity index (χ0v) is 12.3. The highest BCUT2D eigenvalue weighted by molar-refractivity contribution is 4.98. The molecule has 4 aliphatic rings. The summed E-state index contributed by atoms with van der Waals surface area (Å²) in [6, 6.07) is 0. The van der Waals surface area contributed by atoms with Crippen molar-refractivity contribution in [2.75, 3.05) is 0 Å². The summed E-state index contributed by atoms with van der Waals surface area (Å²) < 4.78 is 0. The van der Waals surface area contributed by atoms with E-state index in [9.17, 15) is 5.11 Å². The lowest BCUT2D eigenvalue weighted by atomic mass is 9.55. The number of aliphatic hydroxyl groups is 1. The lowest BCUT2D eigenvalue weighted by Gasteiger charge is -2.50. The SMILES string of the molecule is OC1CCCC2C(CCC3C4CCCC4CCC23)C1. The Morgan fingerprint density at radius 3 is 1.95 bits per heavy atom. The highest BCUT2D eigenvalue weighted by Crippen LogP contribution is 2.57. The second-order valence-electron chi connectivity index (χ2n) is 8.08. The van der Waals surface area contributed by atoms with Gasteiger partial charge in [-0.1, -0.05) is 19.3 Å². The van der Waals surface area contributed by atoms with Gasteiger partial charge in [0.05, 0.1) is 6.10 Å². The van der Waals surface area contributed by atoms with Crippen molar-refractivity contribution < 1.29 is 5.11 Å². The van der Waals surface area contributed by atoms with Crippen LogP contribution in [0.25, 0.3) is 0 Å². The molecule has 108 valence electrons. The lowest BCUT2D eigenvalue weighted by Crippen LogP contribution is -2.42. The molecule has 0 saturated heterocycles. The molecule has 4 rings (SSSR count). The van der Waals surface area contributed by atoms with E-state index in [0.717, 1.165) is 48.3 Å². The first-order valence-corrected chi connectivity index (χ1v) is 9.01. The summed E-state index contributed by atoms with van der Waals surface area (Å²) in [4.78, 5) is 0. The van der Waals surface area contributed by atoms with Gasteiger partial charge in [0.25, 0.3) is 0 Å². The number of rotatable bonds is 0. The third kappa shape index (κ3) is 2.17. The molecule has 19 heavy (non-hydrogen) atoms. The monoisotopic (exact) mass is 262 g/mol. The minimum atomic E-state index is 0.0226. The number of hydrogen-bond acceptors (Lipinski definition) is 1. The maximum Gasteiger partial charge on any atom is 0.0543 e. The normalized spacial score (nSPS) is 53.8. The van der Waals surface area contributed by atoms with Crippen LogP contribution in [0.5, 0.6) is 0 Å². The van der Waals surface area contributed by atoms with E-state index in [-0.39, 0.29) is 6.10 Å². The minimum absolute atomic E-state index is 0.0226. The van der Waals surface area contributed by atoms with E-state index in [2.05, 4.69) is 0 Å². The minimum Gasteiger partial charge on any atom is -0.393 e. The van der Waals surface area contributed by atoms with Crippen LogP contribution in [0.4, 0.5) is 0 Å². The molecule has 0 radical (unpaired) electrons. The maximum atomic E-state index is 10.1. The largest absolute Gasteiger partial charge is 0.393 e. The molecular weight excluding hydrogens is 232 g/mol. The number of hydrogen-bond donors (Lipinski definition) is 1. The molecule has 0 amide bonds. The Morgan fingerprint density at radius 1 is 0.526 bits per heavy atom. The topological polar surface area (TPSA) is 20.2 Å². The van der Waals surface area contributed by atoms with E-state index in [1.165, 1.54) is 44.9 Å². The predicted molar refractivity (Wildman–Crippen MR) is 77.7 cm³/mol. The first-order valence-electron chi connectivity index (χ1n) is 9.01. The quantitative estimate of drug-likeness (QED) is 0.686. The molecule has 0 aromatic heterocycles. The van der Waals surface area contributed by atoms with Gasteiger partial charge in [0.15, 0.2) is 0 Å². The molecule has 0 heterocycles. The molecule has 0 aromatic carbocycles. The molecule has 7 atom stereocenters. The fourth-order valence-corrected chi connectivity index (χ4v) is 6.65. The summed E-state index contributed by atoms with van der Waals surface area (Å²) in [7, 11) is 0. The second kappa shape index (κ2) is 5.06. The second-order valence-corrected chi connectivity index (χ2v) is 8.08. The number of fused-ring (bicyclic) bond motifs is 5. The van der Waals surface area contributed by atoms with Gasteiger partial charge in [0.1, 0.15) is 0 Å². The summed E-state index contributed by atoms with van der Waals surface area (Å²) >= 11 is 0. The van der Waals surface area contributed by atoms with Crippen molar-refractivity contribution in [3.05, 3.63) is 0 Å². The Labute approximate surface area is 118 Å². The molecule has 4 fully saturated rings. The molecule has 0 bridgehead atoms. The molecule has 1 N–H and O–H groups in total. The van der Waals surface area contributed by atoms with Gasteiger partial charge in [-0.05, 0) is 86.9 Å². The van der Waals surface area contributed by atoms with Gasteiger partial charge in [-0.25, -0.2) is 0 Å². The first-order chi connectivity index (χ1) is 9.33. The van der Waals surface area contributed by atoms with Gasteiger partial charge in [-0.2, -0.15) is 0 Å². The van der Waals surface area contributed by atoms with Crippen LogP contribution in [0.2, 0.25) is 0 Å². The van der Waals surface area contributed by atoms with Crippen LogP contribution in [-0.2, 0) is 0 Å². The van der Waals surface area contributed by atoms with Crippen LogP contribution in [0.3, 0.4) is 0 Å². The van der Waals surface area contributed by atoms with Gasteiger partial charge in [0, 0.05) is 0 Å². The third-order valence-corrected chi connectivity index (χ3v) is 7.36. The average molecular weight is 262 g/mol. The summed E-state index contributed by atoms with van der Waals surface area (Å²) in [6.45, 7) is 0. The molecule has 0 aliphatic heterocycles. The molecule has 7 unspecified atom stereocenters. The smallest absolute Gasteiger partial charge is 0.0543 e. The molecule has 1 nitrogen and oxygen atoms in total. The average Bonchev–Trinajstić information content (AvgIpc) is 2.80. The number of aliphatic hydroxyl groups excluding tert-OH is 1. The Hall–Kier alpha value is -0.0400. The molecular formula is C18H30O. The van der Waals surface area contributed by atoms with Crippen LogP contribution < -0.4 is 0 Å². The molecule has 1 heteroatoms. The van der Waals surface area contributed by atoms with Gasteiger partial charge in [0.2, 0.25) is 0 Å². The van der Waals surface area contributed by atoms with E-state index in [4.69, 9.17) is 0 Å². The Bertz CT molecular complexity index is 326. The summed E-state index contributed by atoms with van der Waals surface area (Å²) in [6.07, 6.45) is 15.6. The Kier molecular flexibility index (Phi) is 3.38. The van der Waals surface area contributed by atoms with Gasteiger partial charge < -0.3 is 5.11 Å². The van der Waals surface area contributed by atoms with Crippen LogP contribution in [0, 0.1) is 35.5 Å². The molecule has 0 spiro atoms. The van der Waals surface area contributed by atoms with Crippen LogP contribution in [0.1, 0.15) is 70.6 Å². The highest BCUT2D eigenvalue weighted by Gasteiger charge is 2.48. The third-order valence-electron chi connectivity index (χ3n) is 7.36. The van der Waals surface area contributed by atoms with Gasteiger partial charge in [-0.3, -0.25) is 0 Å². The highest BCUT2D eigenvalue weighted by atomic mass is 16.3. The predicted octanol–water partition coefficient (Wildman–Crippen LogP) is 4.39. The molecule has 4 saturated carbocycles. The van der Waals surface area contributed by atoms with Crippen molar-refractivity contribution in [1.82, 2.24) is 0 Å². The fourth-order valence-electron chi connectivity index (χ4n) is 6.65. The van der Waals surface area contributed by atoms with E-state index in [1.54, 1.807) is 12.8 Å². The zero-order chi connectivity index (χ0) is 12.8. The van der Waals surface area contributed by atoms with Crippen molar-refractivity contribution in [3.8, 4) is 0 Å². The summed E-state index contributed by atoms with van der Waals surface area (Å²) in [5.41, 5.74) is 0. The van der Waals surface area contributed by atoms with Gasteiger partial charge >= 0.3 is 0 Å². The Morgan fingerprint density at radius 2 is 1.16 bits per heavy atom. The van der Waals surface area contributed by atoms with Crippen molar-refractivity contribution in [2.45, 2.75) is 76.7 Å². The maximum absolute atomic E-state index is 10.1. The standard InChI is InChI=1S/C18H30O/c19-14-4-2-6-16-13(11-14)8-10-17-15-5-1-3-12(15)7-9-18(16)17/h12-19H,1-11H2. The summed E-state index contributed by atoms with van der Waals surface area (Å²) in [5, 5.41) is 10.1. The van der Waals surface area contributed by atoms with E-state index in [1.807, 2.05) is 0 Å². The Balaban J connectivity index is 1.54. The van der Waals surface area contributed by atoms with Crippen molar-refractivity contribution in [3.63, 3.8) is 0 Å². The fraction of sp³-hybridized carbons (Fsp3) is 1.00. The first kappa shape index (κ1) is 12.7.